The van der Waals surface area contributed by atoms with Gasteiger partial charge in [0, 0.05) is 26.2 Å². The summed E-state index contributed by atoms with van der Waals surface area (Å²) in [5.41, 5.74) is 0.495. The molecule has 1 aromatic rings. The molecule has 132 valence electrons. The van der Waals surface area contributed by atoms with Crippen molar-refractivity contribution in [1.82, 2.24) is 9.80 Å². The standard InChI is InChI=1S/C18H26N2O4/c1-18(2,3)24-16(21)13-19-9-11-20(12-10-19)17(22)23-14-15-7-5-4-6-8-15/h4-8H,9-14H2,1-3H3. The van der Waals surface area contributed by atoms with E-state index in [4.69, 9.17) is 9.47 Å². The summed E-state index contributed by atoms with van der Waals surface area (Å²) in [5, 5.41) is 0. The molecule has 2 rings (SSSR count). The van der Waals surface area contributed by atoms with Gasteiger partial charge >= 0.3 is 12.1 Å². The second kappa shape index (κ2) is 8.15. The minimum atomic E-state index is -0.472. The first-order valence-corrected chi connectivity index (χ1v) is 8.23. The second-order valence-electron chi connectivity index (χ2n) is 6.89. The van der Waals surface area contributed by atoms with Crippen LogP contribution < -0.4 is 0 Å². The highest BCUT2D eigenvalue weighted by atomic mass is 16.6. The van der Waals surface area contributed by atoms with Crippen LogP contribution in [0, 0.1) is 0 Å². The molecule has 1 saturated heterocycles. The molecule has 0 aliphatic carbocycles. The quantitative estimate of drug-likeness (QED) is 0.791. The number of rotatable bonds is 4. The number of hydrogen-bond acceptors (Lipinski definition) is 5. The maximum Gasteiger partial charge on any atom is 0.410 e. The van der Waals surface area contributed by atoms with E-state index in [9.17, 15) is 9.59 Å². The van der Waals surface area contributed by atoms with Crippen LogP contribution >= 0.6 is 0 Å². The number of piperazine rings is 1. The fraction of sp³-hybridized carbons (Fsp3) is 0.556. The molecule has 24 heavy (non-hydrogen) atoms. The van der Waals surface area contributed by atoms with E-state index in [1.807, 2.05) is 56.0 Å². The average molecular weight is 334 g/mol. The van der Waals surface area contributed by atoms with Gasteiger partial charge in [0.1, 0.15) is 12.2 Å². The summed E-state index contributed by atoms with van der Waals surface area (Å²) in [6, 6.07) is 9.60. The molecular weight excluding hydrogens is 308 g/mol. The van der Waals surface area contributed by atoms with Gasteiger partial charge in [-0.25, -0.2) is 4.79 Å². The second-order valence-corrected chi connectivity index (χ2v) is 6.89. The summed E-state index contributed by atoms with van der Waals surface area (Å²) in [6.07, 6.45) is -0.309. The van der Waals surface area contributed by atoms with Crippen molar-refractivity contribution >= 4 is 12.1 Å². The summed E-state index contributed by atoms with van der Waals surface area (Å²) in [5.74, 6) is -0.234. The minimum absolute atomic E-state index is 0.234. The first-order valence-electron chi connectivity index (χ1n) is 8.23. The Kier molecular flexibility index (Phi) is 6.20. The largest absolute Gasteiger partial charge is 0.459 e. The van der Waals surface area contributed by atoms with Crippen LogP contribution in [0.2, 0.25) is 0 Å². The molecule has 1 aromatic carbocycles. The highest BCUT2D eigenvalue weighted by Gasteiger charge is 2.25. The minimum Gasteiger partial charge on any atom is -0.459 e. The van der Waals surface area contributed by atoms with E-state index < -0.39 is 5.60 Å². The predicted molar refractivity (Wildman–Crippen MR) is 90.5 cm³/mol. The van der Waals surface area contributed by atoms with Gasteiger partial charge < -0.3 is 14.4 Å². The molecule has 1 amide bonds. The predicted octanol–water partition coefficient (Wildman–Crippen LogP) is 2.28. The smallest absolute Gasteiger partial charge is 0.410 e. The topological polar surface area (TPSA) is 59.1 Å². The summed E-state index contributed by atoms with van der Waals surface area (Å²) in [6.45, 7) is 8.47. The van der Waals surface area contributed by atoms with Crippen molar-refractivity contribution < 1.29 is 19.1 Å². The van der Waals surface area contributed by atoms with Gasteiger partial charge in [0.2, 0.25) is 0 Å². The van der Waals surface area contributed by atoms with Crippen molar-refractivity contribution in [3.63, 3.8) is 0 Å². The monoisotopic (exact) mass is 334 g/mol. The van der Waals surface area contributed by atoms with Crippen LogP contribution in [0.25, 0.3) is 0 Å². The highest BCUT2D eigenvalue weighted by molar-refractivity contribution is 5.72. The number of benzene rings is 1. The number of esters is 1. The number of carbonyl (C=O) groups excluding carboxylic acids is 2. The molecule has 0 N–H and O–H groups in total. The molecule has 0 saturated carbocycles. The number of hydrogen-bond donors (Lipinski definition) is 0. The fourth-order valence-electron chi connectivity index (χ4n) is 2.46. The van der Waals surface area contributed by atoms with Crippen LogP contribution in [-0.2, 0) is 20.9 Å². The van der Waals surface area contributed by atoms with Gasteiger partial charge in [-0.15, -0.1) is 0 Å². The zero-order chi connectivity index (χ0) is 17.6. The van der Waals surface area contributed by atoms with Crippen molar-refractivity contribution in [3.8, 4) is 0 Å². The summed E-state index contributed by atoms with van der Waals surface area (Å²) < 4.78 is 10.6. The molecule has 1 fully saturated rings. The lowest BCUT2D eigenvalue weighted by atomic mass is 10.2. The van der Waals surface area contributed by atoms with Gasteiger partial charge in [-0.05, 0) is 26.3 Å². The first kappa shape index (κ1) is 18.3. The summed E-state index contributed by atoms with van der Waals surface area (Å²) in [7, 11) is 0. The van der Waals surface area contributed by atoms with Gasteiger partial charge in [0.15, 0.2) is 0 Å². The third-order valence-corrected chi connectivity index (χ3v) is 3.61. The zero-order valence-electron chi connectivity index (χ0n) is 14.7. The molecule has 1 heterocycles. The van der Waals surface area contributed by atoms with Crippen LogP contribution in [-0.4, -0.2) is 60.2 Å². The Hall–Kier alpha value is -2.08. The van der Waals surface area contributed by atoms with Crippen LogP contribution in [0.15, 0.2) is 30.3 Å². The zero-order valence-corrected chi connectivity index (χ0v) is 14.7. The lowest BCUT2D eigenvalue weighted by Crippen LogP contribution is -2.50. The van der Waals surface area contributed by atoms with E-state index in [-0.39, 0.29) is 25.2 Å². The van der Waals surface area contributed by atoms with Gasteiger partial charge in [0.25, 0.3) is 0 Å². The van der Waals surface area contributed by atoms with Gasteiger partial charge in [-0.2, -0.15) is 0 Å². The van der Waals surface area contributed by atoms with Crippen LogP contribution in [0.4, 0.5) is 4.79 Å². The van der Waals surface area contributed by atoms with Gasteiger partial charge in [-0.1, -0.05) is 30.3 Å². The van der Waals surface area contributed by atoms with E-state index in [2.05, 4.69) is 0 Å². The van der Waals surface area contributed by atoms with E-state index in [1.54, 1.807) is 4.90 Å². The maximum absolute atomic E-state index is 12.1. The molecule has 0 aromatic heterocycles. The molecule has 0 radical (unpaired) electrons. The number of ether oxygens (including phenoxy) is 2. The van der Waals surface area contributed by atoms with E-state index in [0.29, 0.717) is 26.2 Å². The van der Waals surface area contributed by atoms with Gasteiger partial charge in [0.05, 0.1) is 6.54 Å². The van der Waals surface area contributed by atoms with Gasteiger partial charge in [-0.3, -0.25) is 9.69 Å². The van der Waals surface area contributed by atoms with E-state index >= 15 is 0 Å². The molecule has 6 heteroatoms. The molecular formula is C18H26N2O4. The Morgan fingerprint density at radius 2 is 1.67 bits per heavy atom. The van der Waals surface area contributed by atoms with Crippen LogP contribution in [0.1, 0.15) is 26.3 Å². The normalized spacial score (nSPS) is 15.9. The third kappa shape index (κ3) is 6.20. The first-order chi connectivity index (χ1) is 11.3. The molecule has 1 aliphatic heterocycles. The third-order valence-electron chi connectivity index (χ3n) is 3.61. The molecule has 1 aliphatic rings. The van der Waals surface area contributed by atoms with Crippen molar-refractivity contribution in [1.29, 1.82) is 0 Å². The van der Waals surface area contributed by atoms with Crippen LogP contribution in [0.3, 0.4) is 0 Å². The van der Waals surface area contributed by atoms with Crippen LogP contribution in [0.5, 0.6) is 0 Å². The summed E-state index contributed by atoms with van der Waals surface area (Å²) >= 11 is 0. The Bertz CT molecular complexity index is 546. The fourth-order valence-corrected chi connectivity index (χ4v) is 2.46. The Labute approximate surface area is 143 Å². The lowest BCUT2D eigenvalue weighted by Gasteiger charge is -2.34. The Balaban J connectivity index is 1.70. The molecule has 0 bridgehead atoms. The van der Waals surface area contributed by atoms with Crippen molar-refractivity contribution in [2.24, 2.45) is 0 Å². The number of amides is 1. The van der Waals surface area contributed by atoms with Crippen molar-refractivity contribution in [2.75, 3.05) is 32.7 Å². The Morgan fingerprint density at radius 1 is 1.04 bits per heavy atom. The number of nitrogens with zero attached hydrogens (tertiary/aromatic N) is 2. The SMILES string of the molecule is CC(C)(C)OC(=O)CN1CCN(C(=O)OCc2ccccc2)CC1. The number of carbonyl (C=O) groups is 2. The Morgan fingerprint density at radius 3 is 2.25 bits per heavy atom. The lowest BCUT2D eigenvalue weighted by molar-refractivity contribution is -0.156. The summed E-state index contributed by atoms with van der Waals surface area (Å²) in [4.78, 5) is 27.6. The van der Waals surface area contributed by atoms with E-state index in [0.717, 1.165) is 5.56 Å². The molecule has 0 atom stereocenters. The maximum atomic E-state index is 12.1. The molecule has 0 spiro atoms. The highest BCUT2D eigenvalue weighted by Crippen LogP contribution is 2.10. The molecule has 6 nitrogen and oxygen atoms in total. The van der Waals surface area contributed by atoms with Crippen molar-refractivity contribution in [3.05, 3.63) is 35.9 Å². The average Bonchev–Trinajstić information content (AvgIpc) is 2.52. The van der Waals surface area contributed by atoms with E-state index in [1.165, 1.54) is 0 Å². The van der Waals surface area contributed by atoms with Crippen molar-refractivity contribution in [2.45, 2.75) is 33.0 Å². The molecule has 0 unspecified atom stereocenters.